The SMILES string of the molecule is CCOC(=O)Cc1nc(C#N)cc(C(F)F)c1O. The molecule has 1 aromatic heterocycles. The molecule has 0 aromatic carbocycles. The van der Waals surface area contributed by atoms with Crippen LogP contribution in [0.25, 0.3) is 0 Å². The second-order valence-electron chi connectivity index (χ2n) is 3.29. The summed E-state index contributed by atoms with van der Waals surface area (Å²) in [6, 6.07) is 2.37. The van der Waals surface area contributed by atoms with Gasteiger partial charge in [-0.15, -0.1) is 0 Å². The van der Waals surface area contributed by atoms with Crippen molar-refractivity contribution in [2.24, 2.45) is 0 Å². The van der Waals surface area contributed by atoms with Crippen molar-refractivity contribution in [2.45, 2.75) is 19.8 Å². The molecule has 7 heteroatoms. The van der Waals surface area contributed by atoms with Gasteiger partial charge in [0.2, 0.25) is 0 Å². The highest BCUT2D eigenvalue weighted by molar-refractivity contribution is 5.73. The zero-order valence-electron chi connectivity index (χ0n) is 9.48. The average molecular weight is 256 g/mol. The van der Waals surface area contributed by atoms with Crippen molar-refractivity contribution in [1.82, 2.24) is 4.98 Å². The van der Waals surface area contributed by atoms with E-state index in [-0.39, 0.29) is 18.0 Å². The first-order chi connectivity index (χ1) is 8.49. The van der Waals surface area contributed by atoms with Gasteiger partial charge in [0.25, 0.3) is 6.43 Å². The monoisotopic (exact) mass is 256 g/mol. The molecule has 0 unspecified atom stereocenters. The summed E-state index contributed by atoms with van der Waals surface area (Å²) in [5.74, 6) is -1.49. The highest BCUT2D eigenvalue weighted by Gasteiger charge is 2.20. The molecule has 0 aliphatic heterocycles. The molecule has 0 atom stereocenters. The summed E-state index contributed by atoms with van der Waals surface area (Å²) in [5, 5.41) is 18.2. The van der Waals surface area contributed by atoms with Crippen LogP contribution >= 0.6 is 0 Å². The maximum atomic E-state index is 12.6. The van der Waals surface area contributed by atoms with Crippen LogP contribution in [-0.2, 0) is 16.0 Å². The van der Waals surface area contributed by atoms with E-state index in [0.717, 1.165) is 6.07 Å². The van der Waals surface area contributed by atoms with E-state index >= 15 is 0 Å². The largest absolute Gasteiger partial charge is 0.506 e. The molecular formula is C11H10F2N2O3. The fourth-order valence-electron chi connectivity index (χ4n) is 1.31. The number of carbonyl (C=O) groups excluding carboxylic acids is 1. The molecular weight excluding hydrogens is 246 g/mol. The molecule has 1 rings (SSSR count). The van der Waals surface area contributed by atoms with E-state index < -0.39 is 30.1 Å². The van der Waals surface area contributed by atoms with Crippen molar-refractivity contribution in [3.8, 4) is 11.8 Å². The third kappa shape index (κ3) is 3.13. The zero-order chi connectivity index (χ0) is 13.7. The van der Waals surface area contributed by atoms with Crippen LogP contribution in [0.2, 0.25) is 0 Å². The lowest BCUT2D eigenvalue weighted by molar-refractivity contribution is -0.142. The van der Waals surface area contributed by atoms with Gasteiger partial charge in [0.05, 0.1) is 24.3 Å². The molecule has 0 spiro atoms. The maximum Gasteiger partial charge on any atom is 0.312 e. The first kappa shape index (κ1) is 13.8. The van der Waals surface area contributed by atoms with Crippen molar-refractivity contribution < 1.29 is 23.4 Å². The van der Waals surface area contributed by atoms with Gasteiger partial charge in [-0.2, -0.15) is 5.26 Å². The molecule has 1 aromatic rings. The second-order valence-corrected chi connectivity index (χ2v) is 3.29. The Hall–Kier alpha value is -2.23. The lowest BCUT2D eigenvalue weighted by Crippen LogP contribution is -2.10. The van der Waals surface area contributed by atoms with E-state index in [0.29, 0.717) is 0 Å². The number of hydrogen-bond donors (Lipinski definition) is 1. The summed E-state index contributed by atoms with van der Waals surface area (Å²) in [6.45, 7) is 1.71. The van der Waals surface area contributed by atoms with E-state index in [1.165, 1.54) is 0 Å². The van der Waals surface area contributed by atoms with E-state index in [9.17, 15) is 18.7 Å². The number of ether oxygens (including phenoxy) is 1. The number of esters is 1. The fourth-order valence-corrected chi connectivity index (χ4v) is 1.31. The first-order valence-electron chi connectivity index (χ1n) is 5.06. The number of hydrogen-bond acceptors (Lipinski definition) is 5. The van der Waals surface area contributed by atoms with Crippen molar-refractivity contribution in [3.05, 3.63) is 23.0 Å². The van der Waals surface area contributed by atoms with Crippen LogP contribution in [0.3, 0.4) is 0 Å². The average Bonchev–Trinajstić information content (AvgIpc) is 2.31. The Balaban J connectivity index is 3.14. The lowest BCUT2D eigenvalue weighted by atomic mass is 10.1. The Morgan fingerprint density at radius 1 is 1.67 bits per heavy atom. The van der Waals surface area contributed by atoms with E-state index in [1.807, 2.05) is 0 Å². The molecule has 0 aliphatic carbocycles. The van der Waals surface area contributed by atoms with Crippen LogP contribution in [0.1, 0.15) is 30.3 Å². The number of halogens is 2. The minimum absolute atomic E-state index is 0.124. The summed E-state index contributed by atoms with van der Waals surface area (Å²) in [6.07, 6.45) is -3.42. The Bertz CT molecular complexity index is 498. The van der Waals surface area contributed by atoms with E-state index in [2.05, 4.69) is 9.72 Å². The molecule has 0 saturated heterocycles. The van der Waals surface area contributed by atoms with Gasteiger partial charge in [0.15, 0.2) is 0 Å². The number of pyridine rings is 1. The molecule has 18 heavy (non-hydrogen) atoms. The van der Waals surface area contributed by atoms with Gasteiger partial charge in [-0.05, 0) is 13.0 Å². The van der Waals surface area contributed by atoms with Crippen LogP contribution in [0, 0.1) is 11.3 Å². The van der Waals surface area contributed by atoms with Crippen molar-refractivity contribution >= 4 is 5.97 Å². The van der Waals surface area contributed by atoms with Gasteiger partial charge >= 0.3 is 5.97 Å². The normalized spacial score (nSPS) is 10.2. The standard InChI is InChI=1S/C11H10F2N2O3/c1-2-18-9(16)4-8-10(17)7(11(12)13)3-6(5-14)15-8/h3,11,17H,2,4H2,1H3. The zero-order valence-corrected chi connectivity index (χ0v) is 9.48. The van der Waals surface area contributed by atoms with Gasteiger partial charge in [0, 0.05) is 0 Å². The molecule has 1 heterocycles. The number of nitrogens with zero attached hydrogens (tertiary/aromatic N) is 2. The van der Waals surface area contributed by atoms with E-state index in [1.54, 1.807) is 13.0 Å². The van der Waals surface area contributed by atoms with Crippen molar-refractivity contribution in [3.63, 3.8) is 0 Å². The third-order valence-corrected chi connectivity index (χ3v) is 2.06. The molecule has 0 aliphatic rings. The van der Waals surface area contributed by atoms with E-state index in [4.69, 9.17) is 5.26 Å². The first-order valence-corrected chi connectivity index (χ1v) is 5.06. The topological polar surface area (TPSA) is 83.2 Å². The van der Waals surface area contributed by atoms with Crippen LogP contribution in [0.15, 0.2) is 6.07 Å². The van der Waals surface area contributed by atoms with Gasteiger partial charge in [-0.25, -0.2) is 13.8 Å². The minimum atomic E-state index is -2.96. The highest BCUT2D eigenvalue weighted by atomic mass is 19.3. The number of aromatic nitrogens is 1. The summed E-state index contributed by atoms with van der Waals surface area (Å²) in [4.78, 5) is 14.8. The quantitative estimate of drug-likeness (QED) is 0.829. The Morgan fingerprint density at radius 3 is 2.83 bits per heavy atom. The molecule has 0 radical (unpaired) electrons. The van der Waals surface area contributed by atoms with Crippen LogP contribution in [0.4, 0.5) is 8.78 Å². The lowest BCUT2D eigenvalue weighted by Gasteiger charge is -2.08. The fraction of sp³-hybridized carbons (Fsp3) is 0.364. The molecule has 1 N–H and O–H groups in total. The summed E-state index contributed by atoms with van der Waals surface area (Å²) in [5.41, 5.74) is -1.30. The highest BCUT2D eigenvalue weighted by Crippen LogP contribution is 2.31. The van der Waals surface area contributed by atoms with Crippen molar-refractivity contribution in [1.29, 1.82) is 5.26 Å². The smallest absolute Gasteiger partial charge is 0.312 e. The number of rotatable bonds is 4. The van der Waals surface area contributed by atoms with Crippen LogP contribution in [0.5, 0.6) is 5.75 Å². The maximum absolute atomic E-state index is 12.6. The molecule has 5 nitrogen and oxygen atoms in total. The molecule has 0 saturated carbocycles. The summed E-state index contributed by atoms with van der Waals surface area (Å²) < 4.78 is 29.8. The third-order valence-electron chi connectivity index (χ3n) is 2.06. The van der Waals surface area contributed by atoms with Gasteiger partial charge in [-0.1, -0.05) is 0 Å². The minimum Gasteiger partial charge on any atom is -0.506 e. The van der Waals surface area contributed by atoms with Gasteiger partial charge < -0.3 is 9.84 Å². The number of aromatic hydroxyl groups is 1. The van der Waals surface area contributed by atoms with Gasteiger partial charge in [-0.3, -0.25) is 4.79 Å². The summed E-state index contributed by atoms with van der Waals surface area (Å²) >= 11 is 0. The Labute approximate surface area is 102 Å². The van der Waals surface area contributed by atoms with Crippen LogP contribution < -0.4 is 0 Å². The molecule has 0 amide bonds. The molecule has 0 bridgehead atoms. The van der Waals surface area contributed by atoms with Crippen molar-refractivity contribution in [2.75, 3.05) is 6.61 Å². The Kier molecular flexibility index (Phi) is 4.54. The molecule has 96 valence electrons. The van der Waals surface area contributed by atoms with Gasteiger partial charge in [0.1, 0.15) is 17.5 Å². The number of carbonyl (C=O) groups is 1. The summed E-state index contributed by atoms with van der Waals surface area (Å²) in [7, 11) is 0. The predicted octanol–water partition coefficient (Wildman–Crippen LogP) is 1.70. The van der Waals surface area contributed by atoms with Crippen LogP contribution in [-0.4, -0.2) is 22.7 Å². The molecule has 0 fully saturated rings. The predicted molar refractivity (Wildman–Crippen MR) is 55.9 cm³/mol. The Morgan fingerprint density at radius 2 is 2.33 bits per heavy atom. The second kappa shape index (κ2) is 5.91. The number of alkyl halides is 2. The number of nitriles is 1.